The van der Waals surface area contributed by atoms with Crippen LogP contribution in [0.5, 0.6) is 0 Å². The fraction of sp³-hybridized carbons (Fsp3) is 0.632. The summed E-state index contributed by atoms with van der Waals surface area (Å²) in [5.41, 5.74) is 0.507. The Hall–Kier alpha value is -1.48. The Morgan fingerprint density at radius 1 is 1.15 bits per heavy atom. The monoisotopic (exact) mass is 395 g/mol. The van der Waals surface area contributed by atoms with Crippen molar-refractivity contribution in [3.63, 3.8) is 0 Å². The Kier molecular flexibility index (Phi) is 6.52. The van der Waals surface area contributed by atoms with Gasteiger partial charge in [0.25, 0.3) is 0 Å². The Balaban J connectivity index is 1.64. The van der Waals surface area contributed by atoms with Crippen molar-refractivity contribution in [3.8, 4) is 0 Å². The number of hydrogen-bond donors (Lipinski definition) is 1. The van der Waals surface area contributed by atoms with Gasteiger partial charge < -0.3 is 10.1 Å². The predicted octanol–water partition coefficient (Wildman–Crippen LogP) is 1.91. The van der Waals surface area contributed by atoms with E-state index in [2.05, 4.69) is 10.2 Å². The number of morpholine rings is 1. The molecular formula is C19H29N3O4S. The molecule has 8 heteroatoms. The maximum atomic E-state index is 12.8. The van der Waals surface area contributed by atoms with Gasteiger partial charge in [-0.05, 0) is 44.9 Å². The van der Waals surface area contributed by atoms with Gasteiger partial charge in [-0.2, -0.15) is 4.31 Å². The van der Waals surface area contributed by atoms with Crippen LogP contribution < -0.4 is 5.32 Å². The van der Waals surface area contributed by atoms with Crippen molar-refractivity contribution in [1.29, 1.82) is 0 Å². The van der Waals surface area contributed by atoms with Gasteiger partial charge in [0.1, 0.15) is 0 Å². The van der Waals surface area contributed by atoms with Gasteiger partial charge in [0.15, 0.2) is 0 Å². The molecule has 2 aliphatic rings. The Bertz CT molecular complexity index is 752. The van der Waals surface area contributed by atoms with Gasteiger partial charge in [0.2, 0.25) is 15.9 Å². The summed E-state index contributed by atoms with van der Waals surface area (Å²) < 4.78 is 32.8. The van der Waals surface area contributed by atoms with Crippen molar-refractivity contribution < 1.29 is 17.9 Å². The minimum absolute atomic E-state index is 0.0968. The van der Waals surface area contributed by atoms with Gasteiger partial charge in [0.05, 0.1) is 23.6 Å². The normalized spacial score (nSPS) is 25.3. The van der Waals surface area contributed by atoms with Crippen LogP contribution in [0, 0.1) is 0 Å². The maximum Gasteiger partial charge on any atom is 0.243 e. The quantitative estimate of drug-likeness (QED) is 0.824. The number of nitrogens with zero attached hydrogens (tertiary/aromatic N) is 2. The molecule has 1 aromatic carbocycles. The molecule has 2 atom stereocenters. The van der Waals surface area contributed by atoms with E-state index in [4.69, 9.17) is 4.74 Å². The lowest BCUT2D eigenvalue weighted by molar-refractivity contribution is -0.121. The number of rotatable bonds is 5. The topological polar surface area (TPSA) is 79.0 Å². The van der Waals surface area contributed by atoms with Crippen molar-refractivity contribution in [2.75, 3.05) is 38.0 Å². The standard InChI is InChI=1S/C19H29N3O4S/c1-15-12-21(13-16(2)26-15)14-19(23)20-17-7-6-8-18(11-17)27(24,25)22-9-4-3-5-10-22/h6-8,11,15-16H,3-5,9-10,12-14H2,1-2H3,(H,20,23)/t15-,16+. The summed E-state index contributed by atoms with van der Waals surface area (Å²) in [5, 5.41) is 2.83. The molecule has 2 saturated heterocycles. The molecule has 2 fully saturated rings. The zero-order chi connectivity index (χ0) is 19.4. The van der Waals surface area contributed by atoms with Crippen molar-refractivity contribution in [1.82, 2.24) is 9.21 Å². The van der Waals surface area contributed by atoms with Crippen molar-refractivity contribution >= 4 is 21.6 Å². The molecule has 0 radical (unpaired) electrons. The van der Waals surface area contributed by atoms with Gasteiger partial charge in [-0.15, -0.1) is 0 Å². The second kappa shape index (κ2) is 8.68. The minimum atomic E-state index is -3.51. The Morgan fingerprint density at radius 2 is 1.81 bits per heavy atom. The average molecular weight is 396 g/mol. The molecule has 1 aromatic rings. The molecule has 0 aromatic heterocycles. The number of piperidine rings is 1. The van der Waals surface area contributed by atoms with Crippen LogP contribution in [0.2, 0.25) is 0 Å². The smallest absolute Gasteiger partial charge is 0.243 e. The Labute approximate surface area is 161 Å². The summed E-state index contributed by atoms with van der Waals surface area (Å²) >= 11 is 0. The first kappa shape index (κ1) is 20.3. The molecule has 0 unspecified atom stereocenters. The van der Waals surface area contributed by atoms with E-state index in [9.17, 15) is 13.2 Å². The largest absolute Gasteiger partial charge is 0.373 e. The fourth-order valence-corrected chi connectivity index (χ4v) is 5.37. The summed E-state index contributed by atoms with van der Waals surface area (Å²) in [6, 6.07) is 6.53. The zero-order valence-electron chi connectivity index (χ0n) is 16.1. The summed E-state index contributed by atoms with van der Waals surface area (Å²) in [4.78, 5) is 14.7. The Morgan fingerprint density at radius 3 is 2.48 bits per heavy atom. The van der Waals surface area contributed by atoms with Crippen molar-refractivity contribution in [2.45, 2.75) is 50.2 Å². The van der Waals surface area contributed by atoms with E-state index in [0.717, 1.165) is 19.3 Å². The van der Waals surface area contributed by atoms with Crippen LogP contribution >= 0.6 is 0 Å². The van der Waals surface area contributed by atoms with Crippen LogP contribution in [-0.2, 0) is 19.6 Å². The van der Waals surface area contributed by atoms with Crippen LogP contribution in [0.1, 0.15) is 33.1 Å². The molecule has 0 aliphatic carbocycles. The highest BCUT2D eigenvalue weighted by atomic mass is 32.2. The highest BCUT2D eigenvalue weighted by molar-refractivity contribution is 7.89. The number of hydrogen-bond acceptors (Lipinski definition) is 5. The maximum absolute atomic E-state index is 12.8. The van der Waals surface area contributed by atoms with Gasteiger partial charge in [-0.25, -0.2) is 8.42 Å². The zero-order valence-corrected chi connectivity index (χ0v) is 16.9. The summed E-state index contributed by atoms with van der Waals surface area (Å²) in [6.45, 7) is 6.80. The third kappa shape index (κ3) is 5.28. The molecule has 27 heavy (non-hydrogen) atoms. The lowest BCUT2D eigenvalue weighted by atomic mass is 10.2. The van der Waals surface area contributed by atoms with E-state index in [-0.39, 0.29) is 29.6 Å². The second-order valence-corrected chi connectivity index (χ2v) is 9.43. The first-order valence-electron chi connectivity index (χ1n) is 9.62. The van der Waals surface area contributed by atoms with E-state index >= 15 is 0 Å². The van der Waals surface area contributed by atoms with Crippen molar-refractivity contribution in [2.24, 2.45) is 0 Å². The van der Waals surface area contributed by atoms with Gasteiger partial charge in [0, 0.05) is 31.9 Å². The van der Waals surface area contributed by atoms with Crippen LogP contribution in [0.15, 0.2) is 29.2 Å². The summed E-state index contributed by atoms with van der Waals surface area (Å²) in [7, 11) is -3.51. The predicted molar refractivity (Wildman–Crippen MR) is 104 cm³/mol. The van der Waals surface area contributed by atoms with Gasteiger partial charge >= 0.3 is 0 Å². The van der Waals surface area contributed by atoms with Crippen LogP contribution in [0.25, 0.3) is 0 Å². The van der Waals surface area contributed by atoms with E-state index in [1.807, 2.05) is 13.8 Å². The molecule has 7 nitrogen and oxygen atoms in total. The SMILES string of the molecule is C[C@@H]1CN(CC(=O)Nc2cccc(S(=O)(=O)N3CCCCC3)c2)C[C@H](C)O1. The molecule has 3 rings (SSSR count). The van der Waals surface area contributed by atoms with E-state index < -0.39 is 10.0 Å². The van der Waals surface area contributed by atoms with E-state index in [1.54, 1.807) is 24.3 Å². The number of sulfonamides is 1. The molecule has 0 bridgehead atoms. The number of amides is 1. The average Bonchev–Trinajstić information content (AvgIpc) is 2.61. The number of carbonyl (C=O) groups excluding carboxylic acids is 1. The number of ether oxygens (including phenoxy) is 1. The van der Waals surface area contributed by atoms with E-state index in [0.29, 0.717) is 31.9 Å². The molecule has 1 amide bonds. The first-order chi connectivity index (χ1) is 12.8. The third-order valence-electron chi connectivity index (χ3n) is 4.93. The second-order valence-electron chi connectivity index (χ2n) is 7.49. The van der Waals surface area contributed by atoms with Crippen LogP contribution in [-0.4, -0.2) is 68.5 Å². The number of benzene rings is 1. The van der Waals surface area contributed by atoms with Gasteiger partial charge in [-0.3, -0.25) is 9.69 Å². The van der Waals surface area contributed by atoms with Crippen LogP contribution in [0.3, 0.4) is 0 Å². The lowest BCUT2D eigenvalue weighted by Crippen LogP contribution is -2.48. The number of carbonyl (C=O) groups is 1. The highest BCUT2D eigenvalue weighted by Crippen LogP contribution is 2.23. The first-order valence-corrected chi connectivity index (χ1v) is 11.1. The molecular weight excluding hydrogens is 366 g/mol. The fourth-order valence-electron chi connectivity index (χ4n) is 3.81. The molecule has 0 spiro atoms. The molecule has 2 aliphatic heterocycles. The van der Waals surface area contributed by atoms with E-state index in [1.165, 1.54) is 4.31 Å². The lowest BCUT2D eigenvalue weighted by Gasteiger charge is -2.34. The highest BCUT2D eigenvalue weighted by Gasteiger charge is 2.27. The molecule has 2 heterocycles. The molecule has 0 saturated carbocycles. The number of nitrogens with one attached hydrogen (secondary N) is 1. The third-order valence-corrected chi connectivity index (χ3v) is 6.83. The van der Waals surface area contributed by atoms with Crippen molar-refractivity contribution in [3.05, 3.63) is 24.3 Å². The van der Waals surface area contributed by atoms with Gasteiger partial charge in [-0.1, -0.05) is 12.5 Å². The minimum Gasteiger partial charge on any atom is -0.373 e. The van der Waals surface area contributed by atoms with Crippen LogP contribution in [0.4, 0.5) is 5.69 Å². The number of anilines is 1. The summed E-state index contributed by atoms with van der Waals surface area (Å²) in [5.74, 6) is -0.149. The molecule has 150 valence electrons. The molecule has 1 N–H and O–H groups in total. The summed E-state index contributed by atoms with van der Waals surface area (Å²) in [6.07, 6.45) is 3.05.